The van der Waals surface area contributed by atoms with Crippen molar-refractivity contribution in [3.8, 4) is 0 Å². The van der Waals surface area contributed by atoms with Crippen LogP contribution in [-0.2, 0) is 6.42 Å². The van der Waals surface area contributed by atoms with Crippen LogP contribution in [0.5, 0.6) is 0 Å². The van der Waals surface area contributed by atoms with Crippen LogP contribution >= 0.6 is 11.3 Å². The predicted molar refractivity (Wildman–Crippen MR) is 68.9 cm³/mol. The number of amides is 1. The molecule has 9 heteroatoms. The van der Waals surface area contributed by atoms with Crippen LogP contribution in [0, 0.1) is 0 Å². The van der Waals surface area contributed by atoms with Gasteiger partial charge in [0.05, 0.1) is 5.56 Å². The quantitative estimate of drug-likeness (QED) is 0.866. The fraction of sp³-hybridized carbons (Fsp3) is 0.500. The Morgan fingerprint density at radius 2 is 2.19 bits per heavy atom. The van der Waals surface area contributed by atoms with E-state index in [2.05, 4.69) is 5.10 Å². The van der Waals surface area contributed by atoms with Gasteiger partial charge in [-0.2, -0.15) is 10.1 Å². The highest BCUT2D eigenvalue weighted by molar-refractivity contribution is 7.10. The van der Waals surface area contributed by atoms with Crippen molar-refractivity contribution >= 4 is 23.0 Å². The molecule has 1 unspecified atom stereocenters. The molecule has 2 rings (SSSR count). The lowest BCUT2D eigenvalue weighted by atomic mass is 10.1. The van der Waals surface area contributed by atoms with Gasteiger partial charge in [0.15, 0.2) is 0 Å². The van der Waals surface area contributed by atoms with Gasteiger partial charge in [0.1, 0.15) is 5.71 Å². The van der Waals surface area contributed by atoms with E-state index in [9.17, 15) is 27.5 Å². The van der Waals surface area contributed by atoms with Gasteiger partial charge in [0, 0.05) is 16.7 Å². The minimum atomic E-state index is -3.41. The first-order chi connectivity index (χ1) is 9.79. The monoisotopic (exact) mass is 324 g/mol. The SMILES string of the molecule is CCc1cc(C(=O)N2N=C(C(F)F)CC2(O)C(F)F)cs1. The van der Waals surface area contributed by atoms with Gasteiger partial charge in [-0.15, -0.1) is 11.3 Å². The highest BCUT2D eigenvalue weighted by Crippen LogP contribution is 2.34. The normalized spacial score (nSPS) is 22.3. The van der Waals surface area contributed by atoms with E-state index < -0.39 is 36.6 Å². The van der Waals surface area contributed by atoms with Crippen LogP contribution in [0.2, 0.25) is 0 Å². The van der Waals surface area contributed by atoms with E-state index in [-0.39, 0.29) is 10.6 Å². The standard InChI is InChI=1S/C12H12F4N2O2S/c1-2-7-3-6(5-21-7)10(19)18-12(20,11(15)16)4-8(17-18)9(13)14/h3,5,9,11,20H,2,4H2,1H3. The van der Waals surface area contributed by atoms with Crippen molar-refractivity contribution in [1.29, 1.82) is 0 Å². The molecule has 4 nitrogen and oxygen atoms in total. The maximum atomic E-state index is 13.0. The predicted octanol–water partition coefficient (Wildman–Crippen LogP) is 2.73. The number of alkyl halides is 4. The number of aliphatic hydroxyl groups is 1. The van der Waals surface area contributed by atoms with Crippen LogP contribution in [0.25, 0.3) is 0 Å². The second-order valence-electron chi connectivity index (χ2n) is 4.52. The summed E-state index contributed by atoms with van der Waals surface area (Å²) in [7, 11) is 0. The molecule has 21 heavy (non-hydrogen) atoms. The highest BCUT2D eigenvalue weighted by atomic mass is 32.1. The lowest BCUT2D eigenvalue weighted by Gasteiger charge is -2.29. The zero-order chi connectivity index (χ0) is 15.8. The van der Waals surface area contributed by atoms with Crippen molar-refractivity contribution in [2.75, 3.05) is 0 Å². The third kappa shape index (κ3) is 2.80. The van der Waals surface area contributed by atoms with E-state index in [4.69, 9.17) is 0 Å². The molecule has 2 heterocycles. The minimum Gasteiger partial charge on any atom is -0.364 e. The van der Waals surface area contributed by atoms with E-state index in [0.717, 1.165) is 4.88 Å². The molecule has 1 N–H and O–H groups in total. The van der Waals surface area contributed by atoms with Crippen LogP contribution in [0.15, 0.2) is 16.5 Å². The molecule has 0 aromatic carbocycles. The zero-order valence-electron chi connectivity index (χ0n) is 10.9. The Balaban J connectivity index is 2.35. The second-order valence-corrected chi connectivity index (χ2v) is 5.52. The molecule has 1 aromatic heterocycles. The van der Waals surface area contributed by atoms with Crippen molar-refractivity contribution < 1.29 is 27.5 Å². The zero-order valence-corrected chi connectivity index (χ0v) is 11.7. The molecule has 1 amide bonds. The number of hydrogen-bond donors (Lipinski definition) is 1. The molecule has 116 valence electrons. The summed E-state index contributed by atoms with van der Waals surface area (Å²) in [5, 5.41) is 14.5. The summed E-state index contributed by atoms with van der Waals surface area (Å²) in [6.07, 6.45) is -6.95. The number of hydrazone groups is 1. The maximum absolute atomic E-state index is 13.0. The molecule has 1 aliphatic heterocycles. The smallest absolute Gasteiger partial charge is 0.287 e. The van der Waals surface area contributed by atoms with E-state index in [1.54, 1.807) is 0 Å². The average Bonchev–Trinajstić information content (AvgIpc) is 3.03. The van der Waals surface area contributed by atoms with E-state index >= 15 is 0 Å². The summed E-state index contributed by atoms with van der Waals surface area (Å²) in [5.41, 5.74) is -3.93. The lowest BCUT2D eigenvalue weighted by Crippen LogP contribution is -2.51. The number of aryl methyl sites for hydroxylation is 1. The molecular formula is C12H12F4N2O2S. The summed E-state index contributed by atoms with van der Waals surface area (Å²) >= 11 is 1.24. The van der Waals surface area contributed by atoms with Crippen molar-refractivity contribution in [2.45, 2.75) is 38.3 Å². The molecule has 0 aliphatic carbocycles. The van der Waals surface area contributed by atoms with Crippen molar-refractivity contribution in [3.63, 3.8) is 0 Å². The Bertz CT molecular complexity index is 575. The first-order valence-corrected chi connectivity index (χ1v) is 6.95. The summed E-state index contributed by atoms with van der Waals surface area (Å²) in [5.74, 6) is -1.02. The Kier molecular flexibility index (Phi) is 4.33. The maximum Gasteiger partial charge on any atom is 0.287 e. The molecule has 1 aromatic rings. The van der Waals surface area contributed by atoms with E-state index in [1.807, 2.05) is 6.92 Å². The first kappa shape index (κ1) is 15.9. The molecule has 1 aliphatic rings. The van der Waals surface area contributed by atoms with Gasteiger partial charge in [0.2, 0.25) is 5.72 Å². The average molecular weight is 324 g/mol. The van der Waals surface area contributed by atoms with Crippen LogP contribution in [0.3, 0.4) is 0 Å². The molecular weight excluding hydrogens is 312 g/mol. The van der Waals surface area contributed by atoms with E-state index in [0.29, 0.717) is 6.42 Å². The molecule has 0 fully saturated rings. The Hall–Kier alpha value is -1.48. The number of nitrogens with zero attached hydrogens (tertiary/aromatic N) is 2. The number of rotatable bonds is 4. The minimum absolute atomic E-state index is 0.0372. The number of hydrogen-bond acceptors (Lipinski definition) is 4. The summed E-state index contributed by atoms with van der Waals surface area (Å²) < 4.78 is 51.2. The summed E-state index contributed by atoms with van der Waals surface area (Å²) in [6, 6.07) is 1.47. The molecule has 0 saturated heterocycles. The third-order valence-electron chi connectivity index (χ3n) is 3.08. The Labute approximate surface area is 121 Å². The van der Waals surface area contributed by atoms with Crippen molar-refractivity contribution in [2.24, 2.45) is 5.10 Å². The summed E-state index contributed by atoms with van der Waals surface area (Å²) in [6.45, 7) is 1.85. The Morgan fingerprint density at radius 1 is 1.52 bits per heavy atom. The Morgan fingerprint density at radius 3 is 2.67 bits per heavy atom. The third-order valence-corrected chi connectivity index (χ3v) is 4.16. The van der Waals surface area contributed by atoms with Crippen LogP contribution in [-0.4, -0.2) is 40.3 Å². The van der Waals surface area contributed by atoms with Crippen molar-refractivity contribution in [1.82, 2.24) is 5.01 Å². The number of carbonyl (C=O) groups is 1. The van der Waals surface area contributed by atoms with Crippen molar-refractivity contribution in [3.05, 3.63) is 21.9 Å². The van der Waals surface area contributed by atoms with Crippen LogP contribution in [0.1, 0.15) is 28.6 Å². The fourth-order valence-electron chi connectivity index (χ4n) is 1.90. The topological polar surface area (TPSA) is 52.9 Å². The summed E-state index contributed by atoms with van der Waals surface area (Å²) in [4.78, 5) is 13.0. The van der Waals surface area contributed by atoms with Gasteiger partial charge in [-0.1, -0.05) is 6.92 Å². The molecule has 0 radical (unpaired) electrons. The number of carbonyl (C=O) groups excluding carboxylic acids is 1. The van der Waals surface area contributed by atoms with Gasteiger partial charge in [-0.05, 0) is 12.5 Å². The van der Waals surface area contributed by atoms with Gasteiger partial charge in [0.25, 0.3) is 18.8 Å². The molecule has 0 saturated carbocycles. The van der Waals surface area contributed by atoms with Gasteiger partial charge in [-0.3, -0.25) is 4.79 Å². The molecule has 0 spiro atoms. The molecule has 1 atom stereocenters. The van der Waals surface area contributed by atoms with Crippen LogP contribution < -0.4 is 0 Å². The first-order valence-electron chi connectivity index (χ1n) is 6.07. The largest absolute Gasteiger partial charge is 0.364 e. The second kappa shape index (κ2) is 5.72. The van der Waals surface area contributed by atoms with Gasteiger partial charge >= 0.3 is 0 Å². The van der Waals surface area contributed by atoms with Gasteiger partial charge in [-0.25, -0.2) is 17.6 Å². The fourth-order valence-corrected chi connectivity index (χ4v) is 2.71. The lowest BCUT2D eigenvalue weighted by molar-refractivity contribution is -0.164. The number of thiophene rings is 1. The molecule has 0 bridgehead atoms. The van der Waals surface area contributed by atoms with Gasteiger partial charge < -0.3 is 5.11 Å². The highest BCUT2D eigenvalue weighted by Gasteiger charge is 2.53. The number of halogens is 4. The van der Waals surface area contributed by atoms with Crippen LogP contribution in [0.4, 0.5) is 17.6 Å². The van der Waals surface area contributed by atoms with E-state index in [1.165, 1.54) is 22.8 Å².